The van der Waals surface area contributed by atoms with Crippen molar-refractivity contribution in [3.8, 4) is 11.5 Å². The van der Waals surface area contributed by atoms with E-state index in [1.54, 1.807) is 0 Å². The van der Waals surface area contributed by atoms with Crippen molar-refractivity contribution in [3.63, 3.8) is 0 Å². The highest BCUT2D eigenvalue weighted by Crippen LogP contribution is 2.37. The Morgan fingerprint density at radius 2 is 2.07 bits per heavy atom. The van der Waals surface area contributed by atoms with Crippen LogP contribution in [0.25, 0.3) is 0 Å². The molecule has 0 saturated heterocycles. The number of nitro groups is 1. The van der Waals surface area contributed by atoms with Crippen LogP contribution in [-0.4, -0.2) is 45.3 Å². The Labute approximate surface area is 177 Å². The van der Waals surface area contributed by atoms with Gasteiger partial charge in [0.15, 0.2) is 6.10 Å². The summed E-state index contributed by atoms with van der Waals surface area (Å²) in [5.41, 5.74) is 0.102. The van der Waals surface area contributed by atoms with E-state index in [1.165, 1.54) is 43.5 Å². The normalized spacial score (nSPS) is 16.1. The van der Waals surface area contributed by atoms with Gasteiger partial charge in [-0.3, -0.25) is 19.2 Å². The Morgan fingerprint density at radius 3 is 2.70 bits per heavy atom. The number of nitrogens with one attached hydrogen (secondary N) is 1. The average molecular weight is 456 g/mol. The molecule has 1 N–H and O–H groups in total. The third-order valence-corrected chi connectivity index (χ3v) is 5.81. The molecule has 12 heteroatoms. The number of benzene rings is 2. The number of carbonyl (C=O) groups excluding carboxylic acids is 1. The van der Waals surface area contributed by atoms with Gasteiger partial charge in [-0.15, -0.1) is 0 Å². The van der Waals surface area contributed by atoms with E-state index >= 15 is 0 Å². The number of fused-ring (bicyclic) bond motifs is 1. The van der Waals surface area contributed by atoms with E-state index in [-0.39, 0.29) is 41.5 Å². The Morgan fingerprint density at radius 1 is 1.33 bits per heavy atom. The average Bonchev–Trinajstić information content (AvgIpc) is 2.87. The fourth-order valence-electron chi connectivity index (χ4n) is 3.00. The molecule has 1 aliphatic rings. The zero-order valence-corrected chi connectivity index (χ0v) is 17.6. The molecule has 1 heterocycles. The third kappa shape index (κ3) is 4.57. The van der Waals surface area contributed by atoms with Gasteiger partial charge >= 0.3 is 0 Å². The lowest BCUT2D eigenvalue weighted by Gasteiger charge is -2.21. The van der Waals surface area contributed by atoms with Crippen LogP contribution in [0.15, 0.2) is 36.4 Å². The van der Waals surface area contributed by atoms with E-state index in [4.69, 9.17) is 21.1 Å². The molecule has 0 radical (unpaired) electrons. The van der Waals surface area contributed by atoms with Crippen molar-refractivity contribution in [3.05, 3.63) is 51.5 Å². The van der Waals surface area contributed by atoms with Gasteiger partial charge in [0.25, 0.3) is 11.6 Å². The number of anilines is 2. The van der Waals surface area contributed by atoms with E-state index in [0.29, 0.717) is 5.02 Å². The number of carbonyl (C=O) groups is 1. The molecule has 0 fully saturated rings. The smallest absolute Gasteiger partial charge is 0.271 e. The fourth-order valence-corrected chi connectivity index (χ4v) is 4.11. The Hall–Kier alpha value is -3.05. The van der Waals surface area contributed by atoms with Crippen LogP contribution < -0.4 is 19.1 Å². The SMILES string of the molecule is COc1ccc([N+](=O)[O-])cc1NC(=O)C1CCN(S(C)(=O)=O)c2cc(Cl)ccc2O1. The molecule has 0 spiro atoms. The number of amides is 1. The summed E-state index contributed by atoms with van der Waals surface area (Å²) in [5, 5.41) is 13.9. The maximum absolute atomic E-state index is 12.8. The van der Waals surface area contributed by atoms with Crippen LogP contribution in [0.5, 0.6) is 11.5 Å². The minimum absolute atomic E-state index is 0.0175. The number of rotatable bonds is 5. The van der Waals surface area contributed by atoms with Crippen LogP contribution in [-0.2, 0) is 14.8 Å². The van der Waals surface area contributed by atoms with Crippen LogP contribution in [0.3, 0.4) is 0 Å². The zero-order valence-electron chi connectivity index (χ0n) is 16.0. The largest absolute Gasteiger partial charge is 0.495 e. The van der Waals surface area contributed by atoms with Gasteiger partial charge in [-0.05, 0) is 24.3 Å². The molecule has 1 aliphatic heterocycles. The number of halogens is 1. The molecule has 0 aliphatic carbocycles. The molecule has 0 aromatic heterocycles. The van der Waals surface area contributed by atoms with Crippen molar-refractivity contribution in [2.75, 3.05) is 29.5 Å². The van der Waals surface area contributed by atoms with Gasteiger partial charge in [-0.2, -0.15) is 0 Å². The van der Waals surface area contributed by atoms with E-state index in [1.807, 2.05) is 0 Å². The van der Waals surface area contributed by atoms with Crippen molar-refractivity contribution in [2.45, 2.75) is 12.5 Å². The number of hydrogen-bond donors (Lipinski definition) is 1. The number of non-ortho nitro benzene ring substituents is 1. The number of nitro benzene ring substituents is 1. The predicted octanol–water partition coefficient (Wildman–Crippen LogP) is 2.81. The minimum Gasteiger partial charge on any atom is -0.495 e. The van der Waals surface area contributed by atoms with Crippen molar-refractivity contribution in [2.24, 2.45) is 0 Å². The summed E-state index contributed by atoms with van der Waals surface area (Å²) in [6.45, 7) is -0.0175. The molecule has 160 valence electrons. The van der Waals surface area contributed by atoms with Crippen LogP contribution in [0.2, 0.25) is 5.02 Å². The molecule has 30 heavy (non-hydrogen) atoms. The Bertz CT molecular complexity index is 1110. The number of methoxy groups -OCH3 is 1. The van der Waals surface area contributed by atoms with Crippen molar-refractivity contribution in [1.29, 1.82) is 0 Å². The highest BCUT2D eigenvalue weighted by molar-refractivity contribution is 7.92. The van der Waals surface area contributed by atoms with E-state index in [0.717, 1.165) is 10.6 Å². The summed E-state index contributed by atoms with van der Waals surface area (Å²) in [4.78, 5) is 23.3. The van der Waals surface area contributed by atoms with E-state index < -0.39 is 27.0 Å². The second kappa shape index (κ2) is 8.36. The maximum Gasteiger partial charge on any atom is 0.271 e. The van der Waals surface area contributed by atoms with Gasteiger partial charge in [0.2, 0.25) is 10.0 Å². The summed E-state index contributed by atoms with van der Waals surface area (Å²) in [6, 6.07) is 8.23. The number of sulfonamides is 1. The molecule has 0 saturated carbocycles. The van der Waals surface area contributed by atoms with Crippen LogP contribution >= 0.6 is 11.6 Å². The van der Waals surface area contributed by atoms with Gasteiger partial charge < -0.3 is 14.8 Å². The summed E-state index contributed by atoms with van der Waals surface area (Å²) in [5.74, 6) is -0.203. The summed E-state index contributed by atoms with van der Waals surface area (Å²) in [7, 11) is -2.28. The minimum atomic E-state index is -3.65. The van der Waals surface area contributed by atoms with Gasteiger partial charge in [0.05, 0.1) is 29.7 Å². The molecule has 2 aromatic carbocycles. The van der Waals surface area contributed by atoms with Crippen LogP contribution in [0, 0.1) is 10.1 Å². The lowest BCUT2D eigenvalue weighted by atomic mass is 10.2. The Kier molecular flexibility index (Phi) is 6.04. The fraction of sp³-hybridized carbons (Fsp3) is 0.278. The number of hydrogen-bond acceptors (Lipinski definition) is 7. The first-order valence-electron chi connectivity index (χ1n) is 8.67. The standard InChI is InChI=1S/C18H18ClN3O7S/c1-28-15-6-4-12(22(24)25)10-13(15)20-18(23)17-7-8-21(30(2,26)27)14-9-11(19)3-5-16(14)29-17/h3-6,9-10,17H,7-8H2,1-2H3,(H,20,23). The topological polar surface area (TPSA) is 128 Å². The molecular formula is C18H18ClN3O7S. The molecule has 0 bridgehead atoms. The van der Waals surface area contributed by atoms with Crippen molar-refractivity contribution < 1.29 is 27.6 Å². The second-order valence-corrected chi connectivity index (χ2v) is 8.82. The van der Waals surface area contributed by atoms with E-state index in [2.05, 4.69) is 5.32 Å². The lowest BCUT2D eigenvalue weighted by Crippen LogP contribution is -2.36. The third-order valence-electron chi connectivity index (χ3n) is 4.40. The van der Waals surface area contributed by atoms with Gasteiger partial charge in [0.1, 0.15) is 11.5 Å². The predicted molar refractivity (Wildman–Crippen MR) is 111 cm³/mol. The number of nitrogens with zero attached hydrogens (tertiary/aromatic N) is 2. The number of ether oxygens (including phenoxy) is 2. The van der Waals surface area contributed by atoms with Gasteiger partial charge in [-0.1, -0.05) is 11.6 Å². The molecular weight excluding hydrogens is 438 g/mol. The first kappa shape index (κ1) is 21.7. The second-order valence-electron chi connectivity index (χ2n) is 6.47. The molecule has 1 unspecified atom stereocenters. The zero-order chi connectivity index (χ0) is 22.1. The van der Waals surface area contributed by atoms with Gasteiger partial charge in [-0.25, -0.2) is 8.42 Å². The quantitative estimate of drug-likeness (QED) is 0.542. The highest BCUT2D eigenvalue weighted by atomic mass is 35.5. The molecule has 1 amide bonds. The van der Waals surface area contributed by atoms with Gasteiger partial charge in [0, 0.05) is 30.1 Å². The lowest BCUT2D eigenvalue weighted by molar-refractivity contribution is -0.384. The first-order valence-corrected chi connectivity index (χ1v) is 10.9. The summed E-state index contributed by atoms with van der Waals surface area (Å²) in [6.07, 6.45) is 0.0368. The van der Waals surface area contributed by atoms with Crippen LogP contribution in [0.1, 0.15) is 6.42 Å². The summed E-state index contributed by atoms with van der Waals surface area (Å²) < 4.78 is 36.5. The van der Waals surface area contributed by atoms with Crippen LogP contribution in [0.4, 0.5) is 17.1 Å². The molecule has 3 rings (SSSR count). The van der Waals surface area contributed by atoms with Crippen molar-refractivity contribution >= 4 is 44.6 Å². The molecule has 2 aromatic rings. The highest BCUT2D eigenvalue weighted by Gasteiger charge is 2.32. The Balaban J connectivity index is 1.91. The molecule has 1 atom stereocenters. The van der Waals surface area contributed by atoms with E-state index in [9.17, 15) is 23.3 Å². The van der Waals surface area contributed by atoms with Crippen molar-refractivity contribution in [1.82, 2.24) is 0 Å². The molecule has 10 nitrogen and oxygen atoms in total. The maximum atomic E-state index is 12.8. The monoisotopic (exact) mass is 455 g/mol. The first-order chi connectivity index (χ1) is 14.1. The summed E-state index contributed by atoms with van der Waals surface area (Å²) >= 11 is 6.00.